The van der Waals surface area contributed by atoms with Crippen molar-refractivity contribution in [3.63, 3.8) is 0 Å². The van der Waals surface area contributed by atoms with Gasteiger partial charge >= 0.3 is 23.5 Å². The van der Waals surface area contributed by atoms with Gasteiger partial charge in [-0.1, -0.05) is 5.92 Å². The van der Waals surface area contributed by atoms with E-state index in [4.69, 9.17) is 20.3 Å². The van der Waals surface area contributed by atoms with Gasteiger partial charge < -0.3 is 44.8 Å². The molecule has 18 nitrogen and oxygen atoms in total. The minimum atomic E-state index is -5.75. The number of phosphoric acid groups is 3. The average Bonchev–Trinajstić information content (AvgIpc) is 3.33. The lowest BCUT2D eigenvalue weighted by Gasteiger charge is -2.27. The first-order chi connectivity index (χ1) is 18.5. The van der Waals surface area contributed by atoms with E-state index in [1.165, 1.54) is 23.8 Å². The van der Waals surface area contributed by atoms with Crippen molar-refractivity contribution in [3.8, 4) is 11.8 Å². The van der Waals surface area contributed by atoms with Gasteiger partial charge in [-0.3, -0.25) is 9.51 Å². The van der Waals surface area contributed by atoms with Crippen LogP contribution in [0.25, 0.3) is 11.0 Å². The number of phosphoric ester groups is 1. The molecule has 0 amide bonds. The quantitative estimate of drug-likeness (QED) is 0.130. The maximum atomic E-state index is 12.1. The maximum absolute atomic E-state index is 12.1. The molecule has 1 fully saturated rings. The smallest absolute Gasteiger partial charge is 0.387 e. The second-order valence-electron chi connectivity index (χ2n) is 8.46. The first kappa shape index (κ1) is 30.4. The number of nitrogens with two attached hydrogens (primary N) is 1. The molecule has 0 spiro atoms. The lowest BCUT2D eigenvalue weighted by atomic mass is 9.96. The highest BCUT2D eigenvalue weighted by Crippen LogP contribution is 2.66. The minimum absolute atomic E-state index is 0.0316. The lowest BCUT2D eigenvalue weighted by Crippen LogP contribution is -2.44. The zero-order chi connectivity index (χ0) is 29.5. The fourth-order valence-corrected chi connectivity index (χ4v) is 6.74. The van der Waals surface area contributed by atoms with E-state index < -0.39 is 54.1 Å². The molecule has 2 unspecified atom stereocenters. The molecular weight excluding hydrogens is 599 g/mol. The van der Waals surface area contributed by atoms with Crippen LogP contribution >= 0.6 is 23.5 Å². The number of ether oxygens (including phenoxy) is 1. The van der Waals surface area contributed by atoms with Crippen molar-refractivity contribution in [3.05, 3.63) is 48.2 Å². The second kappa shape index (κ2) is 11.0. The number of hydrogen-bond donors (Lipinski definition) is 7. The Balaban J connectivity index is 1.55. The first-order valence-corrected chi connectivity index (χ1v) is 15.4. The molecule has 3 aromatic rings. The van der Waals surface area contributed by atoms with Crippen molar-refractivity contribution in [1.29, 1.82) is 0 Å². The third-order valence-electron chi connectivity index (χ3n) is 5.43. The number of fused-ring (bicyclic) bond motifs is 1. The average molecular weight is 621 g/mol. The molecular formula is C19H22N5O13P3. The standard InChI is InChI=1S/C19H22N5O13P3/c1-19(26)15(25)13(10-34-39(30,31)37-40(32,33)36-38(27,28)29)35-18(19)24-9-6-12-16(20)22-14(23-17(12)24)3-2-11-4-7-21-8-5-11/h4-9,13,15,18,25-26H,10H2,1H3,(H,30,31)(H,32,33)(H2,20,22,23)(H2,27,28,29)/t13-,15-,18-,19-/m1/s1. The normalized spacial score (nSPS) is 26.1. The SMILES string of the molecule is C[C@@]1(O)[C@H](O)[C@@H](COP(=O)(O)OP(=O)(O)OP(=O)(O)O)O[C@H]1n1ccc2c(N)nc(C#Cc3ccncc3)nc21. The molecule has 0 aromatic carbocycles. The van der Waals surface area contributed by atoms with Crippen molar-refractivity contribution in [2.75, 3.05) is 12.3 Å². The molecule has 0 aliphatic carbocycles. The summed E-state index contributed by atoms with van der Waals surface area (Å²) in [6.45, 7) is 0.212. The van der Waals surface area contributed by atoms with Gasteiger partial charge in [0, 0.05) is 24.2 Å². The Morgan fingerprint density at radius 2 is 1.75 bits per heavy atom. The summed E-state index contributed by atoms with van der Waals surface area (Å²) in [5.74, 6) is 5.71. The number of aromatic nitrogens is 4. The van der Waals surface area contributed by atoms with Gasteiger partial charge in [0.2, 0.25) is 5.82 Å². The highest BCUT2D eigenvalue weighted by Gasteiger charge is 2.54. The van der Waals surface area contributed by atoms with E-state index in [1.807, 2.05) is 0 Å². The van der Waals surface area contributed by atoms with E-state index in [-0.39, 0.29) is 17.3 Å². The third kappa shape index (κ3) is 7.00. The number of rotatable bonds is 8. The Labute approximate surface area is 224 Å². The van der Waals surface area contributed by atoms with Crippen molar-refractivity contribution in [2.45, 2.75) is 31.0 Å². The first-order valence-electron chi connectivity index (χ1n) is 10.9. The van der Waals surface area contributed by atoms with Gasteiger partial charge in [-0.15, -0.1) is 0 Å². The summed E-state index contributed by atoms with van der Waals surface area (Å²) >= 11 is 0. The van der Waals surface area contributed by atoms with Crippen LogP contribution < -0.4 is 5.73 Å². The van der Waals surface area contributed by atoms with Crippen LogP contribution in [0.1, 0.15) is 24.5 Å². The fraction of sp³-hybridized carbons (Fsp3) is 0.316. The van der Waals surface area contributed by atoms with Gasteiger partial charge in [0.1, 0.15) is 29.3 Å². The van der Waals surface area contributed by atoms with Crippen LogP contribution in [0.5, 0.6) is 0 Å². The Bertz CT molecular complexity index is 1620. The summed E-state index contributed by atoms with van der Waals surface area (Å²) in [5.41, 5.74) is 4.80. The number of hydrogen-bond acceptors (Lipinski definition) is 13. The van der Waals surface area contributed by atoms with Crippen LogP contribution in [-0.2, 0) is 31.6 Å². The summed E-state index contributed by atoms with van der Waals surface area (Å²) in [7, 11) is -16.8. The van der Waals surface area contributed by atoms with E-state index >= 15 is 0 Å². The van der Waals surface area contributed by atoms with Crippen molar-refractivity contribution >= 4 is 40.3 Å². The lowest BCUT2D eigenvalue weighted by molar-refractivity contribution is -0.0947. The largest absolute Gasteiger partial charge is 0.490 e. The van der Waals surface area contributed by atoms with Gasteiger partial charge in [-0.05, 0) is 31.0 Å². The van der Waals surface area contributed by atoms with Crippen molar-refractivity contribution < 1.29 is 61.4 Å². The molecule has 1 aliphatic rings. The van der Waals surface area contributed by atoms with E-state index in [2.05, 4.69) is 39.9 Å². The predicted molar refractivity (Wildman–Crippen MR) is 133 cm³/mol. The van der Waals surface area contributed by atoms with Gasteiger partial charge in [0.15, 0.2) is 6.23 Å². The fourth-order valence-electron chi connectivity index (χ4n) is 3.71. The monoisotopic (exact) mass is 621 g/mol. The van der Waals surface area contributed by atoms with Crippen LogP contribution in [0.2, 0.25) is 0 Å². The van der Waals surface area contributed by atoms with E-state index in [0.717, 1.165) is 0 Å². The highest BCUT2D eigenvalue weighted by atomic mass is 31.3. The topological polar surface area (TPSA) is 279 Å². The zero-order valence-corrected chi connectivity index (χ0v) is 22.8. The number of nitrogens with zero attached hydrogens (tertiary/aromatic N) is 4. The van der Waals surface area contributed by atoms with Crippen LogP contribution in [0.15, 0.2) is 36.8 Å². The van der Waals surface area contributed by atoms with E-state index in [9.17, 15) is 33.7 Å². The molecule has 1 saturated heterocycles. The van der Waals surface area contributed by atoms with Crippen LogP contribution in [-0.4, -0.2) is 73.7 Å². The van der Waals surface area contributed by atoms with Crippen molar-refractivity contribution in [2.24, 2.45) is 0 Å². The summed E-state index contributed by atoms with van der Waals surface area (Å²) in [5, 5.41) is 22.1. The summed E-state index contributed by atoms with van der Waals surface area (Å²) in [6.07, 6.45) is -0.103. The number of aliphatic hydroxyl groups excluding tert-OH is 1. The van der Waals surface area contributed by atoms with E-state index in [0.29, 0.717) is 10.9 Å². The molecule has 0 radical (unpaired) electrons. The molecule has 4 rings (SSSR count). The minimum Gasteiger partial charge on any atom is -0.387 e. The molecule has 4 heterocycles. The van der Waals surface area contributed by atoms with Gasteiger partial charge in [0.25, 0.3) is 0 Å². The van der Waals surface area contributed by atoms with Crippen molar-refractivity contribution in [1.82, 2.24) is 19.5 Å². The molecule has 40 heavy (non-hydrogen) atoms. The second-order valence-corrected chi connectivity index (χ2v) is 12.9. The molecule has 21 heteroatoms. The number of aliphatic hydroxyl groups is 2. The Kier molecular flexibility index (Phi) is 8.36. The Morgan fingerprint density at radius 1 is 1.07 bits per heavy atom. The van der Waals surface area contributed by atoms with Crippen LogP contribution in [0.3, 0.4) is 0 Å². The third-order valence-corrected chi connectivity index (χ3v) is 9.23. The van der Waals surface area contributed by atoms with Gasteiger partial charge in [0.05, 0.1) is 12.0 Å². The van der Waals surface area contributed by atoms with Crippen LogP contribution in [0.4, 0.5) is 5.82 Å². The summed E-state index contributed by atoms with van der Waals surface area (Å²) < 4.78 is 53.2. The highest BCUT2D eigenvalue weighted by molar-refractivity contribution is 7.66. The predicted octanol–water partition coefficient (Wildman–Crippen LogP) is 0.161. The number of pyridine rings is 1. The maximum Gasteiger partial charge on any atom is 0.490 e. The zero-order valence-electron chi connectivity index (χ0n) is 20.2. The van der Waals surface area contributed by atoms with Gasteiger partial charge in [-0.25, -0.2) is 23.7 Å². The molecule has 8 N–H and O–H groups in total. The van der Waals surface area contributed by atoms with Crippen LogP contribution in [0, 0.1) is 11.8 Å². The molecule has 6 atom stereocenters. The summed E-state index contributed by atoms with van der Waals surface area (Å²) in [4.78, 5) is 48.6. The van der Waals surface area contributed by atoms with E-state index in [1.54, 1.807) is 24.5 Å². The summed E-state index contributed by atoms with van der Waals surface area (Å²) in [6, 6.07) is 4.87. The Hall–Kier alpha value is -2.58. The molecule has 0 saturated carbocycles. The van der Waals surface area contributed by atoms with Gasteiger partial charge in [-0.2, -0.15) is 8.62 Å². The molecule has 1 aliphatic heterocycles. The molecule has 216 valence electrons. The number of anilines is 1. The number of nitrogen functional groups attached to an aromatic ring is 1. The molecule has 3 aromatic heterocycles. The Morgan fingerprint density at radius 3 is 2.40 bits per heavy atom. The molecule has 0 bridgehead atoms.